The summed E-state index contributed by atoms with van der Waals surface area (Å²) in [5, 5.41) is 7.63. The Hall–Kier alpha value is -4.45. The topological polar surface area (TPSA) is 71.3 Å². The van der Waals surface area contributed by atoms with Gasteiger partial charge in [-0.2, -0.15) is 0 Å². The van der Waals surface area contributed by atoms with Crippen LogP contribution in [0.1, 0.15) is 20.9 Å². The van der Waals surface area contributed by atoms with Gasteiger partial charge in [0.1, 0.15) is 17.1 Å². The van der Waals surface area contributed by atoms with Gasteiger partial charge in [0.25, 0.3) is 11.8 Å². The number of carbonyl (C=O) groups is 2. The minimum Gasteiger partial charge on any atom is -0.449 e. The molecule has 5 rings (SSSR count). The predicted molar refractivity (Wildman–Crippen MR) is 122 cm³/mol. The quantitative estimate of drug-likeness (QED) is 0.359. The van der Waals surface area contributed by atoms with E-state index in [4.69, 9.17) is 4.42 Å². The van der Waals surface area contributed by atoms with E-state index in [2.05, 4.69) is 10.6 Å². The van der Waals surface area contributed by atoms with E-state index in [1.165, 1.54) is 18.2 Å². The van der Waals surface area contributed by atoms with Gasteiger partial charge >= 0.3 is 0 Å². The number of benzene rings is 4. The van der Waals surface area contributed by atoms with Gasteiger partial charge in [0.05, 0.1) is 5.69 Å². The van der Waals surface area contributed by atoms with Crippen LogP contribution in [-0.4, -0.2) is 11.8 Å². The number of rotatable bonds is 4. The van der Waals surface area contributed by atoms with E-state index in [9.17, 15) is 14.0 Å². The molecule has 0 saturated carbocycles. The monoisotopic (exact) mass is 424 g/mol. The highest BCUT2D eigenvalue weighted by Gasteiger charge is 2.24. The highest BCUT2D eigenvalue weighted by molar-refractivity contribution is 6.19. The molecule has 32 heavy (non-hydrogen) atoms. The third-order valence-electron chi connectivity index (χ3n) is 5.20. The summed E-state index contributed by atoms with van der Waals surface area (Å²) in [7, 11) is 0. The van der Waals surface area contributed by atoms with Crippen LogP contribution in [0.5, 0.6) is 0 Å². The Morgan fingerprint density at radius 1 is 0.688 bits per heavy atom. The second kappa shape index (κ2) is 8.00. The van der Waals surface area contributed by atoms with Crippen LogP contribution in [0.15, 0.2) is 95.4 Å². The van der Waals surface area contributed by atoms with Crippen molar-refractivity contribution in [2.75, 3.05) is 10.6 Å². The Kier molecular flexibility index (Phi) is 4.88. The first-order chi connectivity index (χ1) is 15.6. The van der Waals surface area contributed by atoms with Crippen LogP contribution in [0.3, 0.4) is 0 Å². The lowest BCUT2D eigenvalue weighted by atomic mass is 10.0. The average molecular weight is 424 g/mol. The first-order valence-electron chi connectivity index (χ1n) is 9.98. The van der Waals surface area contributed by atoms with Crippen molar-refractivity contribution >= 4 is 44.9 Å². The van der Waals surface area contributed by atoms with E-state index in [-0.39, 0.29) is 23.0 Å². The van der Waals surface area contributed by atoms with Crippen molar-refractivity contribution in [3.8, 4) is 0 Å². The van der Waals surface area contributed by atoms with E-state index in [0.717, 1.165) is 10.8 Å². The summed E-state index contributed by atoms with van der Waals surface area (Å²) in [4.78, 5) is 26.2. The number of furan rings is 1. The Labute approximate surface area is 182 Å². The molecule has 4 aromatic carbocycles. The van der Waals surface area contributed by atoms with Crippen molar-refractivity contribution in [3.05, 3.63) is 108 Å². The van der Waals surface area contributed by atoms with E-state index in [1.54, 1.807) is 42.5 Å². The molecule has 0 radical (unpaired) electrons. The Bertz CT molecular complexity index is 1480. The van der Waals surface area contributed by atoms with Gasteiger partial charge in [0, 0.05) is 10.9 Å². The van der Waals surface area contributed by atoms with Crippen molar-refractivity contribution in [2.45, 2.75) is 0 Å². The Morgan fingerprint density at radius 3 is 2.22 bits per heavy atom. The van der Waals surface area contributed by atoms with Crippen molar-refractivity contribution in [3.63, 3.8) is 0 Å². The molecule has 5 aromatic rings. The molecular weight excluding hydrogens is 407 g/mol. The molecule has 2 amide bonds. The van der Waals surface area contributed by atoms with Gasteiger partial charge < -0.3 is 15.1 Å². The minimum atomic E-state index is -0.667. The fourth-order valence-corrected chi connectivity index (χ4v) is 3.68. The lowest BCUT2D eigenvalue weighted by Crippen LogP contribution is -2.17. The number of anilines is 2. The van der Waals surface area contributed by atoms with E-state index < -0.39 is 11.7 Å². The van der Waals surface area contributed by atoms with Crippen LogP contribution in [0.4, 0.5) is 15.8 Å². The second-order valence-corrected chi connectivity index (χ2v) is 7.22. The fraction of sp³-hybridized carbons (Fsp3) is 0. The summed E-state index contributed by atoms with van der Waals surface area (Å²) in [5.41, 5.74) is 1.14. The van der Waals surface area contributed by atoms with Crippen LogP contribution in [0.25, 0.3) is 21.7 Å². The summed E-state index contributed by atoms with van der Waals surface area (Å²) in [6.45, 7) is 0. The molecule has 1 heterocycles. The Morgan fingerprint density at radius 2 is 1.38 bits per heavy atom. The summed E-state index contributed by atoms with van der Waals surface area (Å²) in [6, 6.07) is 25.8. The minimum absolute atomic E-state index is 0.0179. The van der Waals surface area contributed by atoms with Gasteiger partial charge in [0.15, 0.2) is 0 Å². The number of hydrogen-bond acceptors (Lipinski definition) is 3. The Balaban J connectivity index is 1.55. The molecule has 0 unspecified atom stereocenters. The van der Waals surface area contributed by atoms with E-state index in [1.807, 2.05) is 30.3 Å². The third kappa shape index (κ3) is 3.48. The largest absolute Gasteiger partial charge is 0.449 e. The number of amides is 2. The average Bonchev–Trinajstić information content (AvgIpc) is 3.18. The van der Waals surface area contributed by atoms with Crippen molar-refractivity contribution in [2.24, 2.45) is 0 Å². The molecule has 0 spiro atoms. The van der Waals surface area contributed by atoms with Crippen LogP contribution in [0.2, 0.25) is 0 Å². The maximum atomic E-state index is 14.0. The summed E-state index contributed by atoms with van der Waals surface area (Å²) < 4.78 is 19.8. The van der Waals surface area contributed by atoms with Gasteiger partial charge in [-0.3, -0.25) is 9.59 Å². The number of fused-ring (bicyclic) bond motifs is 2. The molecule has 0 aliphatic carbocycles. The smallest absolute Gasteiger partial charge is 0.293 e. The van der Waals surface area contributed by atoms with Gasteiger partial charge in [-0.05, 0) is 41.1 Å². The maximum Gasteiger partial charge on any atom is 0.293 e. The standard InChI is InChI=1S/C26H17FN2O3/c27-20-13-4-5-14-21(20)28-26(31)24-23(19-11-3-6-15-22(19)32-24)29-25(30)18-12-7-9-16-8-1-2-10-17(16)18/h1-15H,(H,28,31)(H,29,30). The first kappa shape index (κ1) is 19.5. The summed E-state index contributed by atoms with van der Waals surface area (Å²) in [6.07, 6.45) is 0. The summed E-state index contributed by atoms with van der Waals surface area (Å²) >= 11 is 0. The van der Waals surface area contributed by atoms with Crippen LogP contribution >= 0.6 is 0 Å². The molecule has 156 valence electrons. The zero-order valence-electron chi connectivity index (χ0n) is 16.8. The van der Waals surface area contributed by atoms with Gasteiger partial charge in [0.2, 0.25) is 5.76 Å². The molecule has 5 nitrogen and oxygen atoms in total. The zero-order chi connectivity index (χ0) is 22.1. The fourth-order valence-electron chi connectivity index (χ4n) is 3.68. The molecule has 0 aliphatic heterocycles. The predicted octanol–water partition coefficient (Wildman–Crippen LogP) is 6.23. The lowest BCUT2D eigenvalue weighted by Gasteiger charge is -2.09. The highest BCUT2D eigenvalue weighted by Crippen LogP contribution is 2.32. The molecule has 2 N–H and O–H groups in total. The number of para-hydroxylation sites is 2. The first-order valence-corrected chi connectivity index (χ1v) is 9.98. The SMILES string of the molecule is O=C(Nc1ccccc1F)c1oc2ccccc2c1NC(=O)c1cccc2ccccc12. The molecular formula is C26H17FN2O3. The molecule has 0 bridgehead atoms. The van der Waals surface area contributed by atoms with Gasteiger partial charge in [-0.15, -0.1) is 0 Å². The van der Waals surface area contributed by atoms with E-state index >= 15 is 0 Å². The van der Waals surface area contributed by atoms with Crippen LogP contribution < -0.4 is 10.6 Å². The molecule has 1 aromatic heterocycles. The molecule has 6 heteroatoms. The van der Waals surface area contributed by atoms with Crippen molar-refractivity contribution in [1.29, 1.82) is 0 Å². The normalized spacial score (nSPS) is 10.9. The molecule has 0 aliphatic rings. The number of hydrogen-bond donors (Lipinski definition) is 2. The number of carbonyl (C=O) groups excluding carboxylic acids is 2. The maximum absolute atomic E-state index is 14.0. The third-order valence-corrected chi connectivity index (χ3v) is 5.20. The molecule has 0 saturated heterocycles. The second-order valence-electron chi connectivity index (χ2n) is 7.22. The highest BCUT2D eigenvalue weighted by atomic mass is 19.1. The van der Waals surface area contributed by atoms with Crippen molar-refractivity contribution in [1.82, 2.24) is 0 Å². The molecule has 0 fully saturated rings. The summed E-state index contributed by atoms with van der Waals surface area (Å²) in [5.74, 6) is -1.73. The number of nitrogens with one attached hydrogen (secondary N) is 2. The lowest BCUT2D eigenvalue weighted by molar-refractivity contribution is 0.0999. The van der Waals surface area contributed by atoms with Gasteiger partial charge in [-0.25, -0.2) is 4.39 Å². The van der Waals surface area contributed by atoms with Crippen molar-refractivity contribution < 1.29 is 18.4 Å². The zero-order valence-corrected chi connectivity index (χ0v) is 16.8. The van der Waals surface area contributed by atoms with Crippen LogP contribution in [0, 0.1) is 5.82 Å². The van der Waals surface area contributed by atoms with E-state index in [0.29, 0.717) is 16.5 Å². The van der Waals surface area contributed by atoms with Gasteiger partial charge in [-0.1, -0.05) is 60.7 Å². The van der Waals surface area contributed by atoms with Crippen LogP contribution in [-0.2, 0) is 0 Å². The molecule has 0 atom stereocenters. The number of halogens is 1.